The fourth-order valence-corrected chi connectivity index (χ4v) is 2.62. The molecule has 0 unspecified atom stereocenters. The SMILES string of the molecule is CC(=O)Nc1c(-c2ccco2)nc(S(=O)(=O)Cl)n1C. The molecule has 0 aromatic carbocycles. The van der Waals surface area contributed by atoms with E-state index in [1.54, 1.807) is 12.1 Å². The highest BCUT2D eigenvalue weighted by Crippen LogP contribution is 2.31. The summed E-state index contributed by atoms with van der Waals surface area (Å²) in [5.41, 5.74) is 0.196. The first-order valence-electron chi connectivity index (χ1n) is 5.13. The maximum atomic E-state index is 11.4. The Morgan fingerprint density at radius 3 is 2.68 bits per heavy atom. The van der Waals surface area contributed by atoms with Gasteiger partial charge in [-0.15, -0.1) is 0 Å². The highest BCUT2D eigenvalue weighted by Gasteiger charge is 2.25. The van der Waals surface area contributed by atoms with Crippen molar-refractivity contribution in [3.8, 4) is 11.5 Å². The van der Waals surface area contributed by atoms with E-state index in [-0.39, 0.29) is 22.6 Å². The van der Waals surface area contributed by atoms with Crippen LogP contribution in [-0.2, 0) is 20.9 Å². The van der Waals surface area contributed by atoms with Crippen molar-refractivity contribution < 1.29 is 17.6 Å². The second-order valence-electron chi connectivity index (χ2n) is 3.75. The maximum Gasteiger partial charge on any atom is 0.295 e. The molecular formula is C10H10ClN3O4S. The number of hydrogen-bond acceptors (Lipinski definition) is 5. The Morgan fingerprint density at radius 1 is 1.53 bits per heavy atom. The van der Waals surface area contributed by atoms with Gasteiger partial charge in [-0.05, 0) is 12.1 Å². The first-order chi connectivity index (χ1) is 8.80. The second kappa shape index (κ2) is 4.71. The summed E-state index contributed by atoms with van der Waals surface area (Å²) in [5, 5.41) is 2.13. The van der Waals surface area contributed by atoms with E-state index in [2.05, 4.69) is 10.3 Å². The molecule has 2 rings (SSSR count). The zero-order valence-corrected chi connectivity index (χ0v) is 11.6. The smallest absolute Gasteiger partial charge is 0.295 e. The molecule has 0 spiro atoms. The lowest BCUT2D eigenvalue weighted by Gasteiger charge is -2.05. The number of hydrogen-bond donors (Lipinski definition) is 1. The average Bonchev–Trinajstić information content (AvgIpc) is 2.86. The summed E-state index contributed by atoms with van der Waals surface area (Å²) in [7, 11) is 2.69. The molecule has 1 N–H and O–H groups in total. The molecule has 0 fully saturated rings. The third-order valence-corrected chi connectivity index (χ3v) is 3.54. The van der Waals surface area contributed by atoms with E-state index < -0.39 is 9.05 Å². The number of nitrogens with zero attached hydrogens (tertiary/aromatic N) is 2. The van der Waals surface area contributed by atoms with Gasteiger partial charge in [-0.1, -0.05) is 0 Å². The van der Waals surface area contributed by atoms with Crippen LogP contribution in [0.15, 0.2) is 28.0 Å². The van der Waals surface area contributed by atoms with Gasteiger partial charge in [-0.3, -0.25) is 4.79 Å². The van der Waals surface area contributed by atoms with E-state index in [1.807, 2.05) is 0 Å². The standard InChI is InChI=1S/C10H10ClN3O4S/c1-6(15)12-9-8(7-4-3-5-18-7)13-10(14(9)2)19(11,16)17/h3-5H,1-2H3,(H,12,15). The number of aromatic nitrogens is 2. The number of anilines is 1. The Balaban J connectivity index is 2.68. The number of furan rings is 1. The van der Waals surface area contributed by atoms with Gasteiger partial charge in [-0.25, -0.2) is 13.4 Å². The molecule has 2 aromatic heterocycles. The van der Waals surface area contributed by atoms with Gasteiger partial charge >= 0.3 is 0 Å². The second-order valence-corrected chi connectivity index (χ2v) is 6.21. The maximum absolute atomic E-state index is 11.4. The van der Waals surface area contributed by atoms with Crippen LogP contribution < -0.4 is 5.32 Å². The van der Waals surface area contributed by atoms with E-state index >= 15 is 0 Å². The van der Waals surface area contributed by atoms with Crippen molar-refractivity contribution in [2.24, 2.45) is 7.05 Å². The normalized spacial score (nSPS) is 11.5. The van der Waals surface area contributed by atoms with Crippen molar-refractivity contribution in [2.75, 3.05) is 5.32 Å². The number of carbonyl (C=O) groups excluding carboxylic acids is 1. The van der Waals surface area contributed by atoms with Gasteiger partial charge in [0.1, 0.15) is 11.5 Å². The first kappa shape index (κ1) is 13.6. The van der Waals surface area contributed by atoms with Crippen LogP contribution in [-0.4, -0.2) is 23.9 Å². The lowest BCUT2D eigenvalue weighted by molar-refractivity contribution is -0.114. The van der Waals surface area contributed by atoms with Gasteiger partial charge in [-0.2, -0.15) is 0 Å². The number of nitrogens with one attached hydrogen (secondary N) is 1. The Kier molecular flexibility index (Phi) is 3.38. The summed E-state index contributed by atoms with van der Waals surface area (Å²) in [6, 6.07) is 3.22. The minimum atomic E-state index is -4.03. The van der Waals surface area contributed by atoms with Crippen LogP contribution in [0.1, 0.15) is 6.92 Å². The van der Waals surface area contributed by atoms with E-state index in [0.717, 1.165) is 0 Å². The van der Waals surface area contributed by atoms with Crippen molar-refractivity contribution in [1.82, 2.24) is 9.55 Å². The third kappa shape index (κ3) is 2.64. The number of carbonyl (C=O) groups is 1. The van der Waals surface area contributed by atoms with Crippen LogP contribution in [0.25, 0.3) is 11.5 Å². The Bertz CT molecular complexity index is 718. The van der Waals surface area contributed by atoms with E-state index in [1.165, 1.54) is 24.8 Å². The lowest BCUT2D eigenvalue weighted by atomic mass is 10.3. The zero-order valence-electron chi connectivity index (χ0n) is 10.0. The summed E-state index contributed by atoms with van der Waals surface area (Å²) in [6.45, 7) is 1.30. The molecule has 0 atom stereocenters. The van der Waals surface area contributed by atoms with Crippen molar-refractivity contribution in [1.29, 1.82) is 0 Å². The van der Waals surface area contributed by atoms with E-state index in [4.69, 9.17) is 15.1 Å². The molecule has 102 valence electrons. The largest absolute Gasteiger partial charge is 0.463 e. The number of imidazole rings is 1. The van der Waals surface area contributed by atoms with Crippen LogP contribution in [0.4, 0.5) is 5.82 Å². The molecule has 0 aliphatic carbocycles. The van der Waals surface area contributed by atoms with Gasteiger partial charge in [0.2, 0.25) is 11.1 Å². The zero-order chi connectivity index (χ0) is 14.2. The molecular weight excluding hydrogens is 294 g/mol. The Labute approximate surface area is 113 Å². The average molecular weight is 304 g/mol. The van der Waals surface area contributed by atoms with Crippen LogP contribution in [0, 0.1) is 0 Å². The summed E-state index contributed by atoms with van der Waals surface area (Å²) >= 11 is 0. The third-order valence-electron chi connectivity index (χ3n) is 2.32. The first-order valence-corrected chi connectivity index (χ1v) is 7.44. The molecule has 19 heavy (non-hydrogen) atoms. The van der Waals surface area contributed by atoms with Gasteiger partial charge in [0, 0.05) is 24.7 Å². The fourth-order valence-electron chi connectivity index (χ4n) is 1.59. The van der Waals surface area contributed by atoms with Crippen LogP contribution in [0.3, 0.4) is 0 Å². The highest BCUT2D eigenvalue weighted by atomic mass is 35.7. The topological polar surface area (TPSA) is 94.2 Å². The van der Waals surface area contributed by atoms with Crippen LogP contribution in [0.5, 0.6) is 0 Å². The molecule has 0 aliphatic heterocycles. The van der Waals surface area contributed by atoms with Crippen molar-refractivity contribution in [3.63, 3.8) is 0 Å². The molecule has 9 heteroatoms. The molecule has 2 aromatic rings. The molecule has 0 saturated heterocycles. The van der Waals surface area contributed by atoms with Crippen LogP contribution >= 0.6 is 10.7 Å². The van der Waals surface area contributed by atoms with Crippen molar-refractivity contribution in [3.05, 3.63) is 18.4 Å². The summed E-state index contributed by atoms with van der Waals surface area (Å²) < 4.78 is 29.2. The summed E-state index contributed by atoms with van der Waals surface area (Å²) in [4.78, 5) is 15.1. The predicted molar refractivity (Wildman–Crippen MR) is 68.3 cm³/mol. The number of halogens is 1. The molecule has 7 nitrogen and oxygen atoms in total. The van der Waals surface area contributed by atoms with E-state index in [9.17, 15) is 13.2 Å². The van der Waals surface area contributed by atoms with Crippen LogP contribution in [0.2, 0.25) is 0 Å². The minimum absolute atomic E-state index is 0.196. The quantitative estimate of drug-likeness (QED) is 0.868. The minimum Gasteiger partial charge on any atom is -0.463 e. The van der Waals surface area contributed by atoms with Gasteiger partial charge in [0.05, 0.1) is 6.26 Å². The summed E-state index contributed by atoms with van der Waals surface area (Å²) in [5.74, 6) is 0.155. The molecule has 1 amide bonds. The lowest BCUT2D eigenvalue weighted by Crippen LogP contribution is -2.11. The van der Waals surface area contributed by atoms with Crippen molar-refractivity contribution >= 4 is 31.5 Å². The van der Waals surface area contributed by atoms with Gasteiger partial charge in [0.25, 0.3) is 9.05 Å². The Hall–Kier alpha value is -1.80. The predicted octanol–water partition coefficient (Wildman–Crippen LogP) is 1.57. The van der Waals surface area contributed by atoms with E-state index in [0.29, 0.717) is 5.76 Å². The van der Waals surface area contributed by atoms with Gasteiger partial charge in [0.15, 0.2) is 5.76 Å². The molecule has 0 saturated carbocycles. The molecule has 0 radical (unpaired) electrons. The van der Waals surface area contributed by atoms with Gasteiger partial charge < -0.3 is 14.3 Å². The monoisotopic (exact) mass is 303 g/mol. The molecule has 2 heterocycles. The number of amides is 1. The summed E-state index contributed by atoms with van der Waals surface area (Å²) in [6.07, 6.45) is 1.41. The molecule has 0 bridgehead atoms. The highest BCUT2D eigenvalue weighted by molar-refractivity contribution is 8.13. The van der Waals surface area contributed by atoms with Crippen molar-refractivity contribution in [2.45, 2.75) is 12.1 Å². The Morgan fingerprint density at radius 2 is 2.21 bits per heavy atom. The fraction of sp³-hybridized carbons (Fsp3) is 0.200. The number of rotatable bonds is 3. The molecule has 0 aliphatic rings.